The lowest BCUT2D eigenvalue weighted by atomic mass is 9.96. The van der Waals surface area contributed by atoms with Crippen LogP contribution in [0, 0.1) is 12.8 Å². The monoisotopic (exact) mass is 437 g/mol. The van der Waals surface area contributed by atoms with Crippen LogP contribution in [0.2, 0.25) is 0 Å². The molecule has 0 atom stereocenters. The van der Waals surface area contributed by atoms with Crippen LogP contribution in [0.1, 0.15) is 29.0 Å². The Balaban J connectivity index is 0.00000242. The number of halogens is 1. The normalized spacial score (nSPS) is 16.2. The van der Waals surface area contributed by atoms with Gasteiger partial charge < -0.3 is 15.0 Å². The zero-order valence-corrected chi connectivity index (χ0v) is 16.9. The van der Waals surface area contributed by atoms with Crippen molar-refractivity contribution in [2.75, 3.05) is 33.9 Å². The van der Waals surface area contributed by atoms with E-state index in [1.807, 2.05) is 18.4 Å². The number of hydrogen-bond donors (Lipinski definition) is 1. The molecule has 0 aliphatic carbocycles. The van der Waals surface area contributed by atoms with E-state index in [1.165, 1.54) is 29.0 Å². The number of nitrogens with one attached hydrogen (secondary N) is 1. The van der Waals surface area contributed by atoms with Crippen LogP contribution in [0.15, 0.2) is 17.1 Å². The Hall–Kier alpha value is -0.340. The molecule has 2 heterocycles. The van der Waals surface area contributed by atoms with Crippen LogP contribution in [0.25, 0.3) is 0 Å². The van der Waals surface area contributed by atoms with Gasteiger partial charge in [-0.1, -0.05) is 0 Å². The first-order valence-corrected chi connectivity index (χ1v) is 8.55. The molecule has 1 N–H and O–H groups in total. The molecule has 4 nitrogen and oxygen atoms in total. The van der Waals surface area contributed by atoms with E-state index in [4.69, 9.17) is 4.74 Å². The topological polar surface area (TPSA) is 36.9 Å². The molecule has 0 spiro atoms. The third kappa shape index (κ3) is 6.42. The lowest BCUT2D eigenvalue weighted by Gasteiger charge is -2.26. The molecule has 0 aromatic carbocycles. The van der Waals surface area contributed by atoms with Crippen molar-refractivity contribution in [3.63, 3.8) is 0 Å². The molecule has 1 aromatic rings. The van der Waals surface area contributed by atoms with E-state index >= 15 is 0 Å². The van der Waals surface area contributed by atoms with Gasteiger partial charge in [0.15, 0.2) is 5.96 Å². The van der Waals surface area contributed by atoms with Crippen LogP contribution in [0.4, 0.5) is 0 Å². The SMILES string of the molecule is CN=C(NCc1ccc(C)s1)N(C)CCC1CCOCC1.I. The summed E-state index contributed by atoms with van der Waals surface area (Å²) in [6.45, 7) is 5.90. The highest BCUT2D eigenvalue weighted by atomic mass is 127. The molecule has 0 bridgehead atoms. The molecule has 2 rings (SSSR count). The summed E-state index contributed by atoms with van der Waals surface area (Å²) in [5.41, 5.74) is 0. The van der Waals surface area contributed by atoms with Crippen LogP contribution in [-0.4, -0.2) is 44.7 Å². The summed E-state index contributed by atoms with van der Waals surface area (Å²) >= 11 is 1.84. The number of aliphatic imine (C=N–C) groups is 1. The highest BCUT2D eigenvalue weighted by Gasteiger charge is 2.15. The van der Waals surface area contributed by atoms with Gasteiger partial charge in [0.05, 0.1) is 6.54 Å². The Labute approximate surface area is 155 Å². The molecule has 0 unspecified atom stereocenters. The maximum atomic E-state index is 5.42. The molecule has 0 amide bonds. The second-order valence-electron chi connectivity index (χ2n) is 5.68. The Morgan fingerprint density at radius 1 is 1.41 bits per heavy atom. The number of rotatable bonds is 5. The van der Waals surface area contributed by atoms with Crippen molar-refractivity contribution in [1.29, 1.82) is 0 Å². The molecular formula is C16H28IN3OS. The summed E-state index contributed by atoms with van der Waals surface area (Å²) < 4.78 is 5.42. The molecule has 0 saturated carbocycles. The van der Waals surface area contributed by atoms with E-state index < -0.39 is 0 Å². The van der Waals surface area contributed by atoms with E-state index in [-0.39, 0.29) is 24.0 Å². The zero-order valence-electron chi connectivity index (χ0n) is 13.8. The van der Waals surface area contributed by atoms with Crippen molar-refractivity contribution in [3.8, 4) is 0 Å². The maximum Gasteiger partial charge on any atom is 0.193 e. The van der Waals surface area contributed by atoms with Gasteiger partial charge in [-0.05, 0) is 44.2 Å². The lowest BCUT2D eigenvalue weighted by molar-refractivity contribution is 0.0625. The fourth-order valence-electron chi connectivity index (χ4n) is 2.65. The summed E-state index contributed by atoms with van der Waals surface area (Å²) in [4.78, 5) is 9.33. The fraction of sp³-hybridized carbons (Fsp3) is 0.688. The van der Waals surface area contributed by atoms with Crippen LogP contribution >= 0.6 is 35.3 Å². The number of ether oxygens (including phenoxy) is 1. The first kappa shape index (κ1) is 19.7. The van der Waals surface area contributed by atoms with E-state index in [0.29, 0.717) is 0 Å². The second-order valence-corrected chi connectivity index (χ2v) is 7.05. The quantitative estimate of drug-likeness (QED) is 0.435. The summed E-state index contributed by atoms with van der Waals surface area (Å²) in [5.74, 6) is 1.78. The number of guanidine groups is 1. The van der Waals surface area contributed by atoms with Crippen LogP contribution < -0.4 is 5.32 Å². The van der Waals surface area contributed by atoms with Crippen molar-refractivity contribution in [2.45, 2.75) is 32.7 Å². The van der Waals surface area contributed by atoms with Gasteiger partial charge in [-0.25, -0.2) is 0 Å². The van der Waals surface area contributed by atoms with E-state index in [1.54, 1.807) is 0 Å². The van der Waals surface area contributed by atoms with Crippen molar-refractivity contribution < 1.29 is 4.74 Å². The number of hydrogen-bond acceptors (Lipinski definition) is 3. The molecule has 1 saturated heterocycles. The number of nitrogens with zero attached hydrogens (tertiary/aromatic N) is 2. The number of thiophene rings is 1. The molecular weight excluding hydrogens is 409 g/mol. The van der Waals surface area contributed by atoms with Crippen molar-refractivity contribution in [3.05, 3.63) is 21.9 Å². The van der Waals surface area contributed by atoms with E-state index in [2.05, 4.69) is 41.3 Å². The Morgan fingerprint density at radius 2 is 2.14 bits per heavy atom. The van der Waals surface area contributed by atoms with Gasteiger partial charge in [-0.3, -0.25) is 4.99 Å². The van der Waals surface area contributed by atoms with Gasteiger partial charge in [0.2, 0.25) is 0 Å². The highest BCUT2D eigenvalue weighted by molar-refractivity contribution is 14.0. The largest absolute Gasteiger partial charge is 0.381 e. The minimum absolute atomic E-state index is 0. The molecule has 1 aliphatic heterocycles. The Kier molecular flexibility index (Phi) is 9.35. The molecule has 22 heavy (non-hydrogen) atoms. The smallest absolute Gasteiger partial charge is 0.193 e. The van der Waals surface area contributed by atoms with Gasteiger partial charge in [-0.15, -0.1) is 35.3 Å². The predicted octanol–water partition coefficient (Wildman–Crippen LogP) is 3.50. The highest BCUT2D eigenvalue weighted by Crippen LogP contribution is 2.18. The average molecular weight is 437 g/mol. The third-order valence-corrected chi connectivity index (χ3v) is 5.00. The number of aryl methyl sites for hydroxylation is 1. The summed E-state index contributed by atoms with van der Waals surface area (Å²) in [6.07, 6.45) is 3.63. The van der Waals surface area contributed by atoms with Crippen LogP contribution in [0.3, 0.4) is 0 Å². The molecule has 0 radical (unpaired) electrons. The van der Waals surface area contributed by atoms with Crippen LogP contribution in [-0.2, 0) is 11.3 Å². The summed E-state index contributed by atoms with van der Waals surface area (Å²) in [6, 6.07) is 4.35. The van der Waals surface area contributed by atoms with Gasteiger partial charge in [0.1, 0.15) is 0 Å². The van der Waals surface area contributed by atoms with E-state index in [9.17, 15) is 0 Å². The fourth-order valence-corrected chi connectivity index (χ4v) is 3.48. The third-order valence-electron chi connectivity index (χ3n) is 4.00. The lowest BCUT2D eigenvalue weighted by Crippen LogP contribution is -2.39. The van der Waals surface area contributed by atoms with Crippen LogP contribution in [0.5, 0.6) is 0 Å². The molecule has 126 valence electrons. The Bertz CT molecular complexity index is 458. The molecule has 1 fully saturated rings. The minimum Gasteiger partial charge on any atom is -0.381 e. The average Bonchev–Trinajstić information content (AvgIpc) is 2.92. The van der Waals surface area contributed by atoms with Gasteiger partial charge in [-0.2, -0.15) is 0 Å². The van der Waals surface area contributed by atoms with Crippen molar-refractivity contribution in [1.82, 2.24) is 10.2 Å². The molecule has 1 aromatic heterocycles. The van der Waals surface area contributed by atoms with Crippen molar-refractivity contribution in [2.24, 2.45) is 10.9 Å². The van der Waals surface area contributed by atoms with Gasteiger partial charge in [0, 0.05) is 43.6 Å². The zero-order chi connectivity index (χ0) is 15.1. The minimum atomic E-state index is 0. The predicted molar refractivity (Wildman–Crippen MR) is 105 cm³/mol. The first-order chi connectivity index (χ1) is 10.2. The second kappa shape index (κ2) is 10.4. The molecule has 6 heteroatoms. The first-order valence-electron chi connectivity index (χ1n) is 7.74. The standard InChI is InChI=1S/C16H27N3OS.HI/c1-13-4-5-15(21-13)12-18-16(17-2)19(3)9-6-14-7-10-20-11-8-14;/h4-5,14H,6-12H2,1-3H3,(H,17,18);1H. The summed E-state index contributed by atoms with van der Waals surface area (Å²) in [5, 5.41) is 3.45. The van der Waals surface area contributed by atoms with E-state index in [0.717, 1.165) is 38.2 Å². The summed E-state index contributed by atoms with van der Waals surface area (Å²) in [7, 11) is 3.97. The Morgan fingerprint density at radius 3 is 2.73 bits per heavy atom. The maximum absolute atomic E-state index is 5.42. The van der Waals surface area contributed by atoms with Gasteiger partial charge in [0.25, 0.3) is 0 Å². The van der Waals surface area contributed by atoms with Gasteiger partial charge >= 0.3 is 0 Å². The molecule has 1 aliphatic rings. The van der Waals surface area contributed by atoms with Crippen molar-refractivity contribution >= 4 is 41.3 Å².